The first-order chi connectivity index (χ1) is 29.5. The van der Waals surface area contributed by atoms with Gasteiger partial charge in [-0.3, -0.25) is 0 Å². The summed E-state index contributed by atoms with van der Waals surface area (Å²) in [6.45, 7) is 0. The lowest BCUT2D eigenvalue weighted by molar-refractivity contribution is -0.382. The van der Waals surface area contributed by atoms with Crippen molar-refractivity contribution >= 4 is 29.8 Å². The third-order valence-electron chi connectivity index (χ3n) is 10.3. The molecule has 0 spiro atoms. The number of carboxylic acid groups (broad SMARTS) is 3. The molecule has 33 nitrogen and oxygen atoms in total. The van der Waals surface area contributed by atoms with Crippen LogP contribution in [0, 0.1) is 0 Å². The molecule has 0 aromatic carbocycles. The van der Waals surface area contributed by atoms with Gasteiger partial charge in [0.1, 0.15) is 91.6 Å². The molecule has 5 aliphatic rings. The first kappa shape index (κ1) is 50.4. The van der Waals surface area contributed by atoms with Crippen LogP contribution in [-0.2, 0) is 66.8 Å². The molecule has 33 heteroatoms. The molecule has 0 radical (unpaired) electrons. The molecule has 0 unspecified atom stereocenters. The number of aliphatic hydroxyl groups excluding tert-OH is 12. The zero-order chi connectivity index (χ0) is 47.1. The zero-order valence-corrected chi connectivity index (χ0v) is 31.1. The molecule has 0 amide bonds. The molecule has 0 aliphatic carbocycles. The second-order valence-electron chi connectivity index (χ2n) is 14.3. The normalized spacial score (nSPS) is 48.1. The second kappa shape index (κ2) is 20.3. The maximum Gasteiger partial charge on any atom is 0.560 e. The van der Waals surface area contributed by atoms with Crippen LogP contribution in [0.15, 0.2) is 0 Å². The average Bonchev–Trinajstić information content (AvgIpc) is 3.24. The van der Waals surface area contributed by atoms with Crippen LogP contribution in [0.3, 0.4) is 0 Å². The molecular formula is C30H44O33+2. The van der Waals surface area contributed by atoms with Gasteiger partial charge in [0, 0.05) is 0 Å². The van der Waals surface area contributed by atoms with E-state index in [9.17, 15) is 106 Å². The van der Waals surface area contributed by atoms with Crippen LogP contribution >= 0.6 is 0 Å². The SMILES string of the molecule is O=C(O)[C@H]1O[C@@H](O[C@H]2[C@H](O)[C@H](O)[C@H](O[C@H]3[C@H](O)[C@H](O)[C@H](O[C@H]4[C@H](O)[C@H](O)[C@H](O[C@H]5[C@H](O)[C@H](O)[C@H](O)O[C@@H]5C(=[OH+])OO)O[C@@H]4C(=O)O)O[C@@H]3C(=[OH+])OO)O[C@@H]2C(=O)O)[C@@H](O)[C@@H](O)[C@@H]1O. The summed E-state index contributed by atoms with van der Waals surface area (Å²) >= 11 is 0. The number of hydrogen-bond acceptors (Lipinski definition) is 28. The minimum absolute atomic E-state index is 1.50. The predicted octanol–water partition coefficient (Wildman–Crippen LogP) is -11.6. The molecule has 0 saturated carbocycles. The van der Waals surface area contributed by atoms with Crippen molar-refractivity contribution in [3.05, 3.63) is 0 Å². The lowest BCUT2D eigenvalue weighted by atomic mass is 9.95. The maximum atomic E-state index is 12.3. The van der Waals surface area contributed by atoms with E-state index in [-0.39, 0.29) is 0 Å². The molecule has 0 bridgehead atoms. The van der Waals surface area contributed by atoms with Crippen LogP contribution in [-0.4, -0.2) is 280 Å². The van der Waals surface area contributed by atoms with Crippen LogP contribution in [0.25, 0.3) is 0 Å². The van der Waals surface area contributed by atoms with E-state index in [2.05, 4.69) is 9.78 Å². The van der Waals surface area contributed by atoms with E-state index in [4.69, 9.17) is 47.9 Å². The van der Waals surface area contributed by atoms with Gasteiger partial charge in [-0.15, -0.1) is 9.78 Å². The molecule has 5 aliphatic heterocycles. The number of carbonyl (C=O) groups excluding carboxylic acids is 2. The van der Waals surface area contributed by atoms with E-state index in [0.29, 0.717) is 0 Å². The second-order valence-corrected chi connectivity index (χ2v) is 14.3. The highest BCUT2D eigenvalue weighted by molar-refractivity contribution is 5.77. The van der Waals surface area contributed by atoms with Crippen molar-refractivity contribution in [3.63, 3.8) is 0 Å². The van der Waals surface area contributed by atoms with Crippen LogP contribution in [0.2, 0.25) is 0 Å². The number of ether oxygens (including phenoxy) is 9. The molecule has 0 aromatic rings. The summed E-state index contributed by atoms with van der Waals surface area (Å²) in [5.41, 5.74) is 0. The number of aliphatic hydroxyl groups is 12. The van der Waals surface area contributed by atoms with Gasteiger partial charge in [-0.05, 0) is 0 Å². The van der Waals surface area contributed by atoms with E-state index < -0.39 is 183 Å². The lowest BCUT2D eigenvalue weighted by Crippen LogP contribution is -2.69. The first-order valence-electron chi connectivity index (χ1n) is 18.0. The Morgan fingerprint density at radius 1 is 0.349 bits per heavy atom. The van der Waals surface area contributed by atoms with Gasteiger partial charge in [0.15, 0.2) is 49.8 Å². The maximum absolute atomic E-state index is 12.3. The van der Waals surface area contributed by atoms with E-state index in [0.717, 1.165) is 0 Å². The molecule has 63 heavy (non-hydrogen) atoms. The van der Waals surface area contributed by atoms with Crippen LogP contribution in [0.5, 0.6) is 0 Å². The Labute approximate surface area is 347 Å². The van der Waals surface area contributed by atoms with Gasteiger partial charge < -0.3 is 129 Å². The largest absolute Gasteiger partial charge is 0.560 e. The van der Waals surface area contributed by atoms with Gasteiger partial charge in [0.25, 0.3) is 0 Å². The minimum Gasteiger partial charge on any atom is -0.479 e. The predicted molar refractivity (Wildman–Crippen MR) is 175 cm³/mol. The van der Waals surface area contributed by atoms with Gasteiger partial charge >= 0.3 is 29.8 Å². The molecular weight excluding hydrogens is 888 g/mol. The summed E-state index contributed by atoms with van der Waals surface area (Å²) in [6.07, 6.45) is -59.4. The smallest absolute Gasteiger partial charge is 0.479 e. The Balaban J connectivity index is 1.32. The Morgan fingerprint density at radius 2 is 0.619 bits per heavy atom. The topological polar surface area (TPSA) is 539 Å². The van der Waals surface area contributed by atoms with Gasteiger partial charge in [-0.2, -0.15) is 0 Å². The van der Waals surface area contributed by atoms with Crippen molar-refractivity contribution in [1.82, 2.24) is 0 Å². The van der Waals surface area contributed by atoms with Crippen molar-refractivity contribution in [1.29, 1.82) is 0 Å². The number of aliphatic carboxylic acids is 3. The number of rotatable bonds is 13. The van der Waals surface area contributed by atoms with Crippen molar-refractivity contribution in [3.8, 4) is 0 Å². The molecule has 5 saturated heterocycles. The number of carboxylic acids is 3. The van der Waals surface area contributed by atoms with Crippen molar-refractivity contribution < 1.29 is 163 Å². The average molecular weight is 933 g/mol. The standard InChI is InChI=1S/C30H42O33/c31-1-2(32)16(21(42)43)58-27(8(1)38)54-12-4(34)10(40)29(60-17(12)22(44)45)57-15-6(36)11(41)30(61-20(15)26(50)63-52)55-13-5(35)9(39)28(59-18(13)23(46)47)56-14-3(33)7(37)24(48)53-19(14)25(49)62-51/h1-20,24,27-41,48,51-52H,(H,42,43)(H,44,45)(H,46,47)/p+2/t1-,2-,3+,4+,5+,6+,7-,8-,9-,10-,11-,12-,13-,14-,15-,16-,17-,18-,19-,20-,24+,27+,28+,29+,30+/m0/s1. The highest BCUT2D eigenvalue weighted by atomic mass is 17.1. The third kappa shape index (κ3) is 10.00. The summed E-state index contributed by atoms with van der Waals surface area (Å²) in [5.74, 6) is -9.10. The lowest BCUT2D eigenvalue weighted by Gasteiger charge is -2.47. The van der Waals surface area contributed by atoms with Gasteiger partial charge in [0.2, 0.25) is 12.2 Å². The Morgan fingerprint density at radius 3 is 0.952 bits per heavy atom. The quantitative estimate of drug-likeness (QED) is 0.0463. The fraction of sp³-hybridized carbons (Fsp3) is 0.833. The van der Waals surface area contributed by atoms with Gasteiger partial charge in [-0.25, -0.2) is 14.4 Å². The van der Waals surface area contributed by atoms with Gasteiger partial charge in [0.05, 0.1) is 0 Å². The number of carbonyl (C=O) groups is 3. The molecule has 5 rings (SSSR count). The fourth-order valence-electron chi connectivity index (χ4n) is 6.99. The summed E-state index contributed by atoms with van der Waals surface area (Å²) in [7, 11) is 0. The summed E-state index contributed by atoms with van der Waals surface area (Å²) < 4.78 is 46.5. The first-order valence-corrected chi connectivity index (χ1v) is 18.0. The molecule has 19 N–H and O–H groups in total. The summed E-state index contributed by atoms with van der Waals surface area (Å²) in [6, 6.07) is 0. The van der Waals surface area contributed by atoms with Crippen molar-refractivity contribution in [2.75, 3.05) is 0 Å². The molecule has 5 heterocycles. The van der Waals surface area contributed by atoms with Crippen LogP contribution in [0.1, 0.15) is 0 Å². The van der Waals surface area contributed by atoms with Crippen LogP contribution < -0.4 is 0 Å². The van der Waals surface area contributed by atoms with E-state index in [1.165, 1.54) is 0 Å². The highest BCUT2D eigenvalue weighted by Gasteiger charge is 2.61. The Bertz CT molecular complexity index is 1630. The van der Waals surface area contributed by atoms with E-state index in [1.54, 1.807) is 0 Å². The minimum atomic E-state index is -2.56. The van der Waals surface area contributed by atoms with Crippen molar-refractivity contribution in [2.24, 2.45) is 0 Å². The Kier molecular flexibility index (Phi) is 16.3. The molecule has 360 valence electrons. The molecule has 25 atom stereocenters. The van der Waals surface area contributed by atoms with Gasteiger partial charge in [-0.1, -0.05) is 10.5 Å². The summed E-state index contributed by atoms with van der Waals surface area (Å²) in [5, 5.41) is 174. The molecule has 5 fully saturated rings. The fourth-order valence-corrected chi connectivity index (χ4v) is 6.99. The van der Waals surface area contributed by atoms with E-state index in [1.807, 2.05) is 0 Å². The molecule has 0 aromatic heterocycles. The summed E-state index contributed by atoms with van der Waals surface area (Å²) in [4.78, 5) is 63.6. The number of hydrogen-bond donors (Lipinski definition) is 17. The van der Waals surface area contributed by atoms with E-state index >= 15 is 0 Å². The van der Waals surface area contributed by atoms with Crippen LogP contribution in [0.4, 0.5) is 0 Å². The van der Waals surface area contributed by atoms with Crippen molar-refractivity contribution in [2.45, 2.75) is 154 Å². The monoisotopic (exact) mass is 932 g/mol. The third-order valence-corrected chi connectivity index (χ3v) is 10.3. The highest BCUT2D eigenvalue weighted by Crippen LogP contribution is 2.36. The Hall–Kier alpha value is -3.57. The zero-order valence-electron chi connectivity index (χ0n) is 31.1.